The summed E-state index contributed by atoms with van der Waals surface area (Å²) < 4.78 is 4.46. The first-order valence-electron chi connectivity index (χ1n) is 9.08. The van der Waals surface area contributed by atoms with Crippen molar-refractivity contribution in [2.24, 2.45) is 5.84 Å². The van der Waals surface area contributed by atoms with Gasteiger partial charge in [-0.25, -0.2) is 5.01 Å². The van der Waals surface area contributed by atoms with Crippen LogP contribution in [-0.2, 0) is 14.3 Å². The highest BCUT2D eigenvalue weighted by molar-refractivity contribution is 8.21. The maximum Gasteiger partial charge on any atom is 0.319 e. The van der Waals surface area contributed by atoms with Gasteiger partial charge < -0.3 is 20.3 Å². The standard InChI is InChI=1S/C16H30N4O5S2/c1-3-4-10(13(22)15(24)18-8-12(21)25-2)19-14(23)11-7-16(9-20(11)17)26-5-6-27-16/h10-11,13,15,18,22,24H,3-9,17H2,1-2H3,(H,19,23)/t10?,11-,13?,15-/m0/s1. The summed E-state index contributed by atoms with van der Waals surface area (Å²) in [6.07, 6.45) is -0.794. The van der Waals surface area contributed by atoms with Crippen LogP contribution >= 0.6 is 23.5 Å². The summed E-state index contributed by atoms with van der Waals surface area (Å²) in [5, 5.41) is 27.4. The third-order valence-electron chi connectivity index (χ3n) is 4.79. The Morgan fingerprint density at radius 2 is 2.04 bits per heavy atom. The fourth-order valence-corrected chi connectivity index (χ4v) is 6.61. The Labute approximate surface area is 168 Å². The molecule has 156 valence electrons. The van der Waals surface area contributed by atoms with E-state index in [1.54, 1.807) is 5.01 Å². The average Bonchev–Trinajstić information content (AvgIpc) is 3.24. The first-order chi connectivity index (χ1) is 12.8. The van der Waals surface area contributed by atoms with Gasteiger partial charge in [0.1, 0.15) is 18.4 Å². The Balaban J connectivity index is 1.93. The molecule has 4 atom stereocenters. The van der Waals surface area contributed by atoms with E-state index < -0.39 is 30.4 Å². The molecule has 0 aliphatic carbocycles. The van der Waals surface area contributed by atoms with Crippen LogP contribution in [0.5, 0.6) is 0 Å². The summed E-state index contributed by atoms with van der Waals surface area (Å²) in [6.45, 7) is 2.33. The van der Waals surface area contributed by atoms with E-state index in [-0.39, 0.29) is 16.5 Å². The number of nitrogens with zero attached hydrogens (tertiary/aromatic N) is 1. The number of esters is 1. The van der Waals surface area contributed by atoms with E-state index in [1.165, 1.54) is 7.11 Å². The summed E-state index contributed by atoms with van der Waals surface area (Å²) in [5.41, 5.74) is 0. The van der Waals surface area contributed by atoms with Crippen LogP contribution in [0.2, 0.25) is 0 Å². The number of carbonyl (C=O) groups is 2. The molecule has 0 radical (unpaired) electrons. The largest absolute Gasteiger partial charge is 0.468 e. The van der Waals surface area contributed by atoms with Gasteiger partial charge in [0.25, 0.3) is 0 Å². The second-order valence-corrected chi connectivity index (χ2v) is 10.0. The minimum Gasteiger partial charge on any atom is -0.468 e. The molecule has 0 aromatic rings. The normalized spacial score (nSPS) is 25.3. The second-order valence-electron chi connectivity index (χ2n) is 6.80. The van der Waals surface area contributed by atoms with Gasteiger partial charge in [0.15, 0.2) is 0 Å². The number of aliphatic hydroxyl groups excluding tert-OH is 2. The molecule has 2 saturated heterocycles. The molecule has 6 N–H and O–H groups in total. The molecule has 1 amide bonds. The lowest BCUT2D eigenvalue weighted by molar-refractivity contribution is -0.141. The highest BCUT2D eigenvalue weighted by Crippen LogP contribution is 2.50. The molecule has 2 fully saturated rings. The molecular weight excluding hydrogens is 392 g/mol. The fraction of sp³-hybridized carbons (Fsp3) is 0.875. The molecule has 11 heteroatoms. The first-order valence-corrected chi connectivity index (χ1v) is 11.0. The Kier molecular flexibility index (Phi) is 8.66. The first kappa shape index (κ1) is 22.7. The molecule has 0 aromatic heterocycles. The Morgan fingerprint density at radius 3 is 2.63 bits per heavy atom. The summed E-state index contributed by atoms with van der Waals surface area (Å²) in [4.78, 5) is 24.0. The van der Waals surface area contributed by atoms with Gasteiger partial charge in [0, 0.05) is 18.1 Å². The molecule has 2 aliphatic rings. The molecule has 0 aromatic carbocycles. The smallest absolute Gasteiger partial charge is 0.319 e. The predicted octanol–water partition coefficient (Wildman–Crippen LogP) is -1.16. The third kappa shape index (κ3) is 5.96. The van der Waals surface area contributed by atoms with Crippen LogP contribution in [0.15, 0.2) is 0 Å². The molecule has 27 heavy (non-hydrogen) atoms. The van der Waals surface area contributed by atoms with Crippen molar-refractivity contribution >= 4 is 35.4 Å². The molecule has 0 bridgehead atoms. The average molecular weight is 423 g/mol. The summed E-state index contributed by atoms with van der Waals surface area (Å²) >= 11 is 3.69. The van der Waals surface area contributed by atoms with Crippen molar-refractivity contribution < 1.29 is 24.5 Å². The number of amides is 1. The molecule has 9 nitrogen and oxygen atoms in total. The van der Waals surface area contributed by atoms with Crippen molar-refractivity contribution in [2.75, 3.05) is 31.7 Å². The van der Waals surface area contributed by atoms with Gasteiger partial charge in [-0.05, 0) is 12.8 Å². The molecule has 2 rings (SSSR count). The van der Waals surface area contributed by atoms with E-state index in [1.807, 2.05) is 30.4 Å². The molecule has 1 spiro atoms. The number of hydrazine groups is 1. The second kappa shape index (κ2) is 10.3. The summed E-state index contributed by atoms with van der Waals surface area (Å²) in [7, 11) is 1.24. The SMILES string of the molecule is CCCC(NC(=O)[C@@H]1CC2(CN1N)SCCS2)C(O)[C@H](O)NCC(=O)OC. The van der Waals surface area contributed by atoms with Crippen LogP contribution in [0.1, 0.15) is 26.2 Å². The molecule has 2 heterocycles. The Bertz CT molecular complexity index is 521. The Morgan fingerprint density at radius 1 is 1.37 bits per heavy atom. The van der Waals surface area contributed by atoms with Crippen molar-refractivity contribution in [1.29, 1.82) is 0 Å². The number of hydrogen-bond acceptors (Lipinski definition) is 10. The lowest BCUT2D eigenvalue weighted by Gasteiger charge is -2.29. The number of nitrogens with one attached hydrogen (secondary N) is 2. The number of thioether (sulfide) groups is 2. The zero-order valence-corrected chi connectivity index (χ0v) is 17.4. The van der Waals surface area contributed by atoms with Crippen LogP contribution in [0.25, 0.3) is 0 Å². The highest BCUT2D eigenvalue weighted by atomic mass is 32.2. The number of hydrogen-bond donors (Lipinski definition) is 5. The van der Waals surface area contributed by atoms with Crippen molar-refractivity contribution in [1.82, 2.24) is 15.6 Å². The summed E-state index contributed by atoms with van der Waals surface area (Å²) in [5.74, 6) is 7.40. The van der Waals surface area contributed by atoms with Crippen molar-refractivity contribution in [3.63, 3.8) is 0 Å². The van der Waals surface area contributed by atoms with Crippen molar-refractivity contribution in [2.45, 2.75) is 54.7 Å². The zero-order chi connectivity index (χ0) is 20.0. The molecule has 2 unspecified atom stereocenters. The topological polar surface area (TPSA) is 137 Å². The van der Waals surface area contributed by atoms with Crippen LogP contribution in [0.3, 0.4) is 0 Å². The monoisotopic (exact) mass is 422 g/mol. The number of rotatable bonds is 9. The van der Waals surface area contributed by atoms with Gasteiger partial charge in [0.2, 0.25) is 5.91 Å². The van der Waals surface area contributed by atoms with Gasteiger partial charge >= 0.3 is 5.97 Å². The molecule has 2 aliphatic heterocycles. The fourth-order valence-electron chi connectivity index (χ4n) is 3.33. The lowest BCUT2D eigenvalue weighted by atomic mass is 10.0. The zero-order valence-electron chi connectivity index (χ0n) is 15.7. The number of methoxy groups -OCH3 is 1. The van der Waals surface area contributed by atoms with Gasteiger partial charge in [-0.1, -0.05) is 13.3 Å². The predicted molar refractivity (Wildman–Crippen MR) is 106 cm³/mol. The van der Waals surface area contributed by atoms with E-state index in [4.69, 9.17) is 5.84 Å². The van der Waals surface area contributed by atoms with Crippen LogP contribution in [0.4, 0.5) is 0 Å². The number of aliphatic hydroxyl groups is 2. The van der Waals surface area contributed by atoms with E-state index in [9.17, 15) is 19.8 Å². The maximum atomic E-state index is 12.8. The Hall–Kier alpha value is -0.560. The number of carbonyl (C=O) groups excluding carboxylic acids is 2. The van der Waals surface area contributed by atoms with Crippen LogP contribution in [-0.4, -0.2) is 87.3 Å². The van der Waals surface area contributed by atoms with E-state index in [0.717, 1.165) is 11.5 Å². The minimum atomic E-state index is -1.37. The molecule has 0 saturated carbocycles. The van der Waals surface area contributed by atoms with Crippen LogP contribution in [0, 0.1) is 0 Å². The van der Waals surface area contributed by atoms with E-state index in [0.29, 0.717) is 25.8 Å². The molecular formula is C16H30N4O5S2. The number of ether oxygens (including phenoxy) is 1. The van der Waals surface area contributed by atoms with E-state index >= 15 is 0 Å². The summed E-state index contributed by atoms with van der Waals surface area (Å²) in [6, 6.07) is -1.12. The third-order valence-corrected chi connectivity index (χ3v) is 8.22. The van der Waals surface area contributed by atoms with E-state index in [2.05, 4.69) is 15.4 Å². The highest BCUT2D eigenvalue weighted by Gasteiger charge is 2.49. The van der Waals surface area contributed by atoms with Gasteiger partial charge in [-0.3, -0.25) is 20.7 Å². The maximum absolute atomic E-state index is 12.8. The lowest BCUT2D eigenvalue weighted by Crippen LogP contribution is -2.57. The van der Waals surface area contributed by atoms with Crippen LogP contribution < -0.4 is 16.5 Å². The quantitative estimate of drug-likeness (QED) is 0.176. The van der Waals surface area contributed by atoms with Crippen molar-refractivity contribution in [3.05, 3.63) is 0 Å². The number of nitrogens with two attached hydrogens (primary N) is 1. The van der Waals surface area contributed by atoms with Gasteiger partial charge in [-0.2, -0.15) is 0 Å². The van der Waals surface area contributed by atoms with Gasteiger partial charge in [-0.15, -0.1) is 23.5 Å². The van der Waals surface area contributed by atoms with Crippen molar-refractivity contribution in [3.8, 4) is 0 Å². The van der Waals surface area contributed by atoms with Gasteiger partial charge in [0.05, 0.1) is 23.8 Å². The minimum absolute atomic E-state index is 0.0305.